The van der Waals surface area contributed by atoms with Gasteiger partial charge in [-0.25, -0.2) is 4.98 Å². The van der Waals surface area contributed by atoms with E-state index in [1.54, 1.807) is 36.2 Å². The van der Waals surface area contributed by atoms with Crippen molar-refractivity contribution in [1.82, 2.24) is 19.7 Å². The molecule has 0 bridgehead atoms. The number of aryl methyl sites for hydroxylation is 1. The molecule has 1 N–H and O–H groups in total. The van der Waals surface area contributed by atoms with Gasteiger partial charge in [0.2, 0.25) is 5.13 Å². The molecule has 4 aromatic rings. The summed E-state index contributed by atoms with van der Waals surface area (Å²) in [7, 11) is 1.63. The second-order valence-corrected chi connectivity index (χ2v) is 6.62. The highest BCUT2D eigenvalue weighted by molar-refractivity contribution is 7.20. The summed E-state index contributed by atoms with van der Waals surface area (Å²) in [5.41, 5.74) is 2.11. The molecule has 1 amide bonds. The number of ether oxygens (including phenoxy) is 1. The predicted molar refractivity (Wildman–Crippen MR) is 100 cm³/mol. The van der Waals surface area contributed by atoms with Crippen LogP contribution in [0.25, 0.3) is 15.3 Å². The lowest BCUT2D eigenvalue weighted by Crippen LogP contribution is -2.15. The number of pyridine rings is 1. The average Bonchev–Trinajstić information content (AvgIpc) is 3.24. The van der Waals surface area contributed by atoms with Crippen LogP contribution in [0.3, 0.4) is 0 Å². The Morgan fingerprint density at radius 3 is 2.92 bits per heavy atom. The van der Waals surface area contributed by atoms with Crippen molar-refractivity contribution < 1.29 is 9.53 Å². The van der Waals surface area contributed by atoms with E-state index in [0.29, 0.717) is 16.5 Å². The minimum Gasteiger partial charge on any atom is -0.497 e. The molecular weight excluding hydrogens is 350 g/mol. The molecule has 3 aromatic heterocycles. The third-order valence-electron chi connectivity index (χ3n) is 3.76. The molecule has 0 aliphatic rings. The van der Waals surface area contributed by atoms with Crippen LogP contribution in [0.4, 0.5) is 5.82 Å². The van der Waals surface area contributed by atoms with E-state index in [-0.39, 0.29) is 5.91 Å². The summed E-state index contributed by atoms with van der Waals surface area (Å²) in [5.74, 6) is 1.08. The number of hydrogen-bond acceptors (Lipinski definition) is 6. The van der Waals surface area contributed by atoms with E-state index in [4.69, 9.17) is 4.74 Å². The number of benzene rings is 1. The van der Waals surface area contributed by atoms with E-state index in [0.717, 1.165) is 21.7 Å². The van der Waals surface area contributed by atoms with Gasteiger partial charge in [0.1, 0.15) is 11.6 Å². The Kier molecular flexibility index (Phi) is 4.10. The largest absolute Gasteiger partial charge is 0.497 e. The maximum absolute atomic E-state index is 12.4. The monoisotopic (exact) mass is 365 g/mol. The fourth-order valence-corrected chi connectivity index (χ4v) is 3.49. The quantitative estimate of drug-likeness (QED) is 0.599. The van der Waals surface area contributed by atoms with Crippen molar-refractivity contribution in [3.05, 3.63) is 60.0 Å². The molecule has 0 radical (unpaired) electrons. The average molecular weight is 365 g/mol. The number of hydrogen-bond donors (Lipinski definition) is 1. The van der Waals surface area contributed by atoms with Gasteiger partial charge in [0, 0.05) is 18.5 Å². The molecule has 0 fully saturated rings. The highest BCUT2D eigenvalue weighted by Gasteiger charge is 2.15. The summed E-state index contributed by atoms with van der Waals surface area (Å²) in [4.78, 5) is 21.0. The zero-order valence-electron chi connectivity index (χ0n) is 14.1. The zero-order chi connectivity index (χ0) is 18.1. The van der Waals surface area contributed by atoms with Gasteiger partial charge in [-0.05, 0) is 37.3 Å². The molecule has 4 rings (SSSR count). The SMILES string of the molecule is COc1ccc2nc(-n3nc(C)cc3NC(=O)c3cccnc3)sc2c1. The number of anilines is 1. The molecule has 0 atom stereocenters. The first-order valence-electron chi connectivity index (χ1n) is 7.87. The summed E-state index contributed by atoms with van der Waals surface area (Å²) >= 11 is 1.48. The minimum atomic E-state index is -0.248. The number of amides is 1. The van der Waals surface area contributed by atoms with Crippen LogP contribution in [0.2, 0.25) is 0 Å². The molecule has 3 heterocycles. The molecule has 0 saturated carbocycles. The molecule has 0 unspecified atom stereocenters. The third kappa shape index (κ3) is 3.02. The third-order valence-corrected chi connectivity index (χ3v) is 4.76. The van der Waals surface area contributed by atoms with Crippen molar-refractivity contribution in [2.45, 2.75) is 6.92 Å². The molecular formula is C18H15N5O2S. The van der Waals surface area contributed by atoms with Gasteiger partial charge in [-0.3, -0.25) is 9.78 Å². The van der Waals surface area contributed by atoms with E-state index in [1.165, 1.54) is 17.5 Å². The van der Waals surface area contributed by atoms with Crippen molar-refractivity contribution in [1.29, 1.82) is 0 Å². The molecule has 0 aliphatic heterocycles. The Bertz CT molecular complexity index is 1090. The van der Waals surface area contributed by atoms with Crippen molar-refractivity contribution in [3.8, 4) is 10.9 Å². The first-order chi connectivity index (χ1) is 12.6. The molecule has 8 heteroatoms. The Balaban J connectivity index is 1.70. The second-order valence-electron chi connectivity index (χ2n) is 5.61. The topological polar surface area (TPSA) is 81.9 Å². The first kappa shape index (κ1) is 16.2. The first-order valence-corrected chi connectivity index (χ1v) is 8.69. The predicted octanol–water partition coefficient (Wildman–Crippen LogP) is 3.45. The van der Waals surface area contributed by atoms with Crippen LogP contribution in [-0.4, -0.2) is 32.8 Å². The summed E-state index contributed by atoms with van der Waals surface area (Å²) in [6.07, 6.45) is 3.15. The van der Waals surface area contributed by atoms with Crippen molar-refractivity contribution in [3.63, 3.8) is 0 Å². The maximum Gasteiger partial charge on any atom is 0.258 e. The molecule has 0 aliphatic carbocycles. The molecule has 130 valence electrons. The highest BCUT2D eigenvalue weighted by atomic mass is 32.1. The van der Waals surface area contributed by atoms with Gasteiger partial charge >= 0.3 is 0 Å². The number of methoxy groups -OCH3 is 1. The van der Waals surface area contributed by atoms with Crippen molar-refractivity contribution >= 4 is 33.3 Å². The maximum atomic E-state index is 12.4. The van der Waals surface area contributed by atoms with Crippen LogP contribution in [0.15, 0.2) is 48.8 Å². The Labute approximate surface area is 153 Å². The van der Waals surface area contributed by atoms with E-state index >= 15 is 0 Å². The van der Waals surface area contributed by atoms with Gasteiger partial charge in [-0.2, -0.15) is 9.78 Å². The van der Waals surface area contributed by atoms with Gasteiger partial charge in [0.15, 0.2) is 0 Å². The number of carbonyl (C=O) groups excluding carboxylic acids is 1. The van der Waals surface area contributed by atoms with Gasteiger partial charge < -0.3 is 10.1 Å². The van der Waals surface area contributed by atoms with Crippen LogP contribution in [-0.2, 0) is 0 Å². The van der Waals surface area contributed by atoms with Crippen molar-refractivity contribution in [2.75, 3.05) is 12.4 Å². The van der Waals surface area contributed by atoms with Gasteiger partial charge in [-0.1, -0.05) is 11.3 Å². The Hall–Kier alpha value is -3.26. The lowest BCUT2D eigenvalue weighted by atomic mass is 10.3. The van der Waals surface area contributed by atoms with Gasteiger partial charge in [0.05, 0.1) is 28.6 Å². The molecule has 1 aromatic carbocycles. The van der Waals surface area contributed by atoms with E-state index in [9.17, 15) is 4.79 Å². The smallest absolute Gasteiger partial charge is 0.258 e. The molecule has 0 saturated heterocycles. The van der Waals surface area contributed by atoms with Crippen molar-refractivity contribution in [2.24, 2.45) is 0 Å². The van der Waals surface area contributed by atoms with Gasteiger partial charge in [0.25, 0.3) is 5.91 Å². The van der Waals surface area contributed by atoms with Crippen LogP contribution in [0.5, 0.6) is 5.75 Å². The summed E-state index contributed by atoms with van der Waals surface area (Å²) in [6.45, 7) is 1.87. The summed E-state index contributed by atoms with van der Waals surface area (Å²) < 4.78 is 7.88. The number of nitrogens with zero attached hydrogens (tertiary/aromatic N) is 4. The zero-order valence-corrected chi connectivity index (χ0v) is 14.9. The summed E-state index contributed by atoms with van der Waals surface area (Å²) in [6, 6.07) is 10.9. The Morgan fingerprint density at radius 2 is 2.15 bits per heavy atom. The van der Waals surface area contributed by atoms with E-state index in [2.05, 4.69) is 20.4 Å². The number of fused-ring (bicyclic) bond motifs is 1. The van der Waals surface area contributed by atoms with Crippen LogP contribution in [0, 0.1) is 6.92 Å². The highest BCUT2D eigenvalue weighted by Crippen LogP contribution is 2.30. The number of rotatable bonds is 4. The molecule has 26 heavy (non-hydrogen) atoms. The van der Waals surface area contributed by atoms with Crippen LogP contribution >= 0.6 is 11.3 Å². The molecule has 0 spiro atoms. The lowest BCUT2D eigenvalue weighted by Gasteiger charge is -2.06. The van der Waals surface area contributed by atoms with Gasteiger partial charge in [-0.15, -0.1) is 0 Å². The van der Waals surface area contributed by atoms with E-state index < -0.39 is 0 Å². The summed E-state index contributed by atoms with van der Waals surface area (Å²) in [5, 5.41) is 8.01. The fourth-order valence-electron chi connectivity index (χ4n) is 2.53. The minimum absolute atomic E-state index is 0.248. The normalized spacial score (nSPS) is 10.8. The number of thiazole rings is 1. The number of aromatic nitrogens is 4. The van der Waals surface area contributed by atoms with E-state index in [1.807, 2.05) is 25.1 Å². The van der Waals surface area contributed by atoms with Crippen LogP contribution in [0.1, 0.15) is 16.1 Å². The second kappa shape index (κ2) is 6.57. The number of carbonyl (C=O) groups is 1. The fraction of sp³-hybridized carbons (Fsp3) is 0.111. The standard InChI is InChI=1S/C18H15N5O2S/c1-11-8-16(21-17(24)12-4-3-7-19-10-12)23(22-11)18-20-14-6-5-13(25-2)9-15(14)26-18/h3-10H,1-2H3,(H,21,24). The molecule has 7 nitrogen and oxygen atoms in total. The number of nitrogens with one attached hydrogen (secondary N) is 1. The Morgan fingerprint density at radius 1 is 1.27 bits per heavy atom. The van der Waals surface area contributed by atoms with Crippen LogP contribution < -0.4 is 10.1 Å². The lowest BCUT2D eigenvalue weighted by molar-refractivity contribution is 0.102.